The fourth-order valence-electron chi connectivity index (χ4n) is 5.47. The van der Waals surface area contributed by atoms with Crippen molar-refractivity contribution in [3.05, 3.63) is 16.8 Å². The van der Waals surface area contributed by atoms with E-state index in [-0.39, 0.29) is 18.6 Å². The van der Waals surface area contributed by atoms with Crippen molar-refractivity contribution in [3.63, 3.8) is 0 Å². The normalized spacial score (nSPS) is 27.5. The maximum atomic E-state index is 11.5. The van der Waals surface area contributed by atoms with Gasteiger partial charge in [0, 0.05) is 16.8 Å². The van der Waals surface area contributed by atoms with Gasteiger partial charge in [-0.2, -0.15) is 8.42 Å². The largest absolute Gasteiger partial charge is 0.474 e. The van der Waals surface area contributed by atoms with Crippen LogP contribution < -0.4 is 4.74 Å². The zero-order valence-electron chi connectivity index (χ0n) is 18.1. The third kappa shape index (κ3) is 4.74. The maximum absolute atomic E-state index is 11.5. The SMILES string of the molecule is CS(=O)(=O)OC[C@H]1CCc2sc3ncnc(OC4CCC(N5CCCCC5)CC4)c3c21. The van der Waals surface area contributed by atoms with E-state index < -0.39 is 10.1 Å². The monoisotopic (exact) mass is 465 g/mol. The minimum Gasteiger partial charge on any atom is -0.474 e. The van der Waals surface area contributed by atoms with Crippen molar-refractivity contribution in [2.45, 2.75) is 75.9 Å². The van der Waals surface area contributed by atoms with Gasteiger partial charge in [0.1, 0.15) is 17.3 Å². The van der Waals surface area contributed by atoms with E-state index in [0.717, 1.165) is 47.7 Å². The summed E-state index contributed by atoms with van der Waals surface area (Å²) in [7, 11) is -3.46. The smallest absolute Gasteiger partial charge is 0.264 e. The first kappa shape index (κ1) is 21.6. The molecular weight excluding hydrogens is 434 g/mol. The number of hydrogen-bond donors (Lipinski definition) is 0. The topological polar surface area (TPSA) is 81.6 Å². The summed E-state index contributed by atoms with van der Waals surface area (Å²) in [6.45, 7) is 2.67. The summed E-state index contributed by atoms with van der Waals surface area (Å²) in [5, 5.41) is 0.972. The highest BCUT2D eigenvalue weighted by Gasteiger charge is 2.33. The molecule has 1 atom stereocenters. The van der Waals surface area contributed by atoms with Crippen LogP contribution in [0.25, 0.3) is 10.2 Å². The van der Waals surface area contributed by atoms with Crippen LogP contribution in [0.15, 0.2) is 6.33 Å². The third-order valence-corrected chi connectivity index (χ3v) is 8.75. The molecule has 2 fully saturated rings. The molecule has 0 N–H and O–H groups in total. The number of nitrogens with zero attached hydrogens (tertiary/aromatic N) is 3. The Bertz CT molecular complexity index is 1020. The number of aromatic nitrogens is 2. The summed E-state index contributed by atoms with van der Waals surface area (Å²) in [6.07, 6.45) is 13.2. The first-order valence-electron chi connectivity index (χ1n) is 11.5. The summed E-state index contributed by atoms with van der Waals surface area (Å²) in [5.41, 5.74) is 1.14. The van der Waals surface area contributed by atoms with E-state index in [2.05, 4.69) is 14.9 Å². The lowest BCUT2D eigenvalue weighted by molar-refractivity contribution is 0.0756. The number of fused-ring (bicyclic) bond motifs is 3. The van der Waals surface area contributed by atoms with E-state index in [1.807, 2.05) is 0 Å². The van der Waals surface area contributed by atoms with Crippen molar-refractivity contribution >= 4 is 31.7 Å². The molecule has 0 bridgehead atoms. The van der Waals surface area contributed by atoms with E-state index in [0.29, 0.717) is 11.9 Å². The number of aryl methyl sites for hydroxylation is 1. The Labute approximate surface area is 188 Å². The van der Waals surface area contributed by atoms with Gasteiger partial charge in [-0.15, -0.1) is 11.3 Å². The number of rotatable bonds is 6. The second-order valence-corrected chi connectivity index (χ2v) is 11.9. The van der Waals surface area contributed by atoms with Crippen molar-refractivity contribution in [2.24, 2.45) is 0 Å². The lowest BCUT2D eigenvalue weighted by atomic mass is 9.90. The Balaban J connectivity index is 1.31. The predicted octanol–water partition coefficient (Wildman–Crippen LogP) is 3.87. The molecule has 0 spiro atoms. The summed E-state index contributed by atoms with van der Waals surface area (Å²) >= 11 is 1.68. The number of ether oxygens (including phenoxy) is 1. The quantitative estimate of drug-likeness (QED) is 0.599. The molecule has 2 aromatic rings. The summed E-state index contributed by atoms with van der Waals surface area (Å²) < 4.78 is 34.6. The summed E-state index contributed by atoms with van der Waals surface area (Å²) in [5.74, 6) is 0.705. The van der Waals surface area contributed by atoms with Crippen molar-refractivity contribution in [1.82, 2.24) is 14.9 Å². The van der Waals surface area contributed by atoms with Crippen molar-refractivity contribution in [1.29, 1.82) is 0 Å². The van der Waals surface area contributed by atoms with Gasteiger partial charge in [-0.3, -0.25) is 4.18 Å². The molecule has 7 nitrogen and oxygen atoms in total. The van der Waals surface area contributed by atoms with Crippen LogP contribution in [0.3, 0.4) is 0 Å². The molecule has 0 aromatic carbocycles. The summed E-state index contributed by atoms with van der Waals surface area (Å²) in [6, 6.07) is 0.702. The second-order valence-electron chi connectivity index (χ2n) is 9.17. The molecule has 31 heavy (non-hydrogen) atoms. The maximum Gasteiger partial charge on any atom is 0.264 e. The Kier molecular flexibility index (Phi) is 6.20. The molecule has 0 unspecified atom stereocenters. The van der Waals surface area contributed by atoms with Gasteiger partial charge in [0.15, 0.2) is 0 Å². The lowest BCUT2D eigenvalue weighted by Gasteiger charge is -2.38. The molecule has 0 amide bonds. The standard InChI is InChI=1S/C22H31N3O4S2/c1-31(26,27)28-13-15-5-10-18-19(15)20-21(23-14-24-22(20)30-18)29-17-8-6-16(7-9-17)25-11-3-2-4-12-25/h14-17H,2-13H2,1H3/t15-,16?,17?/m1/s1. The fraction of sp³-hybridized carbons (Fsp3) is 0.727. The van der Waals surface area contributed by atoms with E-state index in [1.165, 1.54) is 50.1 Å². The fourth-order valence-corrected chi connectivity index (χ4v) is 7.11. The molecule has 0 radical (unpaired) electrons. The number of thiophene rings is 1. The van der Waals surface area contributed by atoms with Crippen molar-refractivity contribution in [3.8, 4) is 5.88 Å². The zero-order valence-corrected chi connectivity index (χ0v) is 19.7. The van der Waals surface area contributed by atoms with E-state index in [4.69, 9.17) is 8.92 Å². The Morgan fingerprint density at radius 3 is 2.61 bits per heavy atom. The van der Waals surface area contributed by atoms with Gasteiger partial charge in [-0.05, 0) is 70.0 Å². The molecule has 5 rings (SSSR count). The lowest BCUT2D eigenvalue weighted by Crippen LogP contribution is -2.42. The molecule has 2 aromatic heterocycles. The number of hydrogen-bond acceptors (Lipinski definition) is 8. The second kappa shape index (κ2) is 8.92. The molecule has 170 valence electrons. The molecule has 3 heterocycles. The van der Waals surface area contributed by atoms with Crippen LogP contribution in [0.5, 0.6) is 5.88 Å². The van der Waals surface area contributed by atoms with Crippen LogP contribution in [0, 0.1) is 0 Å². The van der Waals surface area contributed by atoms with E-state index >= 15 is 0 Å². The number of likely N-dealkylation sites (tertiary alicyclic amines) is 1. The predicted molar refractivity (Wildman–Crippen MR) is 121 cm³/mol. The van der Waals surface area contributed by atoms with Gasteiger partial charge >= 0.3 is 0 Å². The number of piperidine rings is 1. The average Bonchev–Trinajstić information content (AvgIpc) is 3.32. The van der Waals surface area contributed by atoms with Crippen molar-refractivity contribution in [2.75, 3.05) is 26.0 Å². The molecule has 2 aliphatic carbocycles. The molecule has 3 aliphatic rings. The van der Waals surface area contributed by atoms with Crippen LogP contribution in [0.2, 0.25) is 0 Å². The van der Waals surface area contributed by atoms with Crippen LogP contribution in [0.4, 0.5) is 0 Å². The molecule has 9 heteroatoms. The first-order chi connectivity index (χ1) is 15.0. The first-order valence-corrected chi connectivity index (χ1v) is 14.1. The highest BCUT2D eigenvalue weighted by atomic mass is 32.2. The van der Waals surface area contributed by atoms with E-state index in [9.17, 15) is 8.42 Å². The van der Waals surface area contributed by atoms with Crippen molar-refractivity contribution < 1.29 is 17.3 Å². The third-order valence-electron chi connectivity index (χ3n) is 7.01. The minimum atomic E-state index is -3.46. The molecule has 1 saturated heterocycles. The molecule has 1 saturated carbocycles. The Hall–Kier alpha value is -1.29. The van der Waals surface area contributed by atoms with E-state index in [1.54, 1.807) is 17.7 Å². The highest BCUT2D eigenvalue weighted by Crippen LogP contribution is 2.46. The molecule has 1 aliphatic heterocycles. The van der Waals surface area contributed by atoms with Gasteiger partial charge in [-0.25, -0.2) is 9.97 Å². The highest BCUT2D eigenvalue weighted by molar-refractivity contribution is 7.85. The Morgan fingerprint density at radius 2 is 1.87 bits per heavy atom. The average molecular weight is 466 g/mol. The van der Waals surface area contributed by atoms with Crippen LogP contribution in [0.1, 0.15) is 67.7 Å². The van der Waals surface area contributed by atoms with Crippen LogP contribution in [-0.4, -0.2) is 61.4 Å². The van der Waals surface area contributed by atoms with Gasteiger partial charge < -0.3 is 9.64 Å². The summed E-state index contributed by atoms with van der Waals surface area (Å²) in [4.78, 5) is 13.9. The van der Waals surface area contributed by atoms with Gasteiger partial charge in [-0.1, -0.05) is 6.42 Å². The van der Waals surface area contributed by atoms with Crippen LogP contribution >= 0.6 is 11.3 Å². The van der Waals surface area contributed by atoms with Crippen LogP contribution in [-0.2, 0) is 20.7 Å². The van der Waals surface area contributed by atoms with Gasteiger partial charge in [0.25, 0.3) is 10.1 Å². The zero-order chi connectivity index (χ0) is 21.4. The van der Waals surface area contributed by atoms with Gasteiger partial charge in [0.2, 0.25) is 5.88 Å². The minimum absolute atomic E-state index is 0.0432. The molecular formula is C22H31N3O4S2. The Morgan fingerprint density at radius 1 is 1.10 bits per heavy atom. The van der Waals surface area contributed by atoms with Gasteiger partial charge in [0.05, 0.1) is 18.2 Å².